The van der Waals surface area contributed by atoms with Crippen LogP contribution in [0.25, 0.3) is 0 Å². The third-order valence-electron chi connectivity index (χ3n) is 3.86. The van der Waals surface area contributed by atoms with E-state index in [1.807, 2.05) is 6.92 Å². The molecule has 29 heavy (non-hydrogen) atoms. The van der Waals surface area contributed by atoms with E-state index < -0.39 is 35.9 Å². The number of hydrogen-bond acceptors (Lipinski definition) is 6. The van der Waals surface area contributed by atoms with Crippen molar-refractivity contribution in [3.05, 3.63) is 29.8 Å². The molecule has 0 radical (unpaired) electrons. The molecule has 0 bridgehead atoms. The normalized spacial score (nSPS) is 11.9. The minimum atomic E-state index is -0.868. The number of unbranched alkanes of at least 4 members (excludes halogenated alkanes) is 1. The number of esters is 2. The van der Waals surface area contributed by atoms with Crippen molar-refractivity contribution in [1.82, 2.24) is 5.32 Å². The molecule has 2 N–H and O–H groups in total. The van der Waals surface area contributed by atoms with Crippen LogP contribution in [-0.4, -0.2) is 43.0 Å². The van der Waals surface area contributed by atoms with Gasteiger partial charge < -0.3 is 20.1 Å². The molecule has 1 unspecified atom stereocenters. The van der Waals surface area contributed by atoms with Crippen LogP contribution in [0.15, 0.2) is 24.3 Å². The van der Waals surface area contributed by atoms with Gasteiger partial charge in [0, 0.05) is 11.1 Å². The van der Waals surface area contributed by atoms with Gasteiger partial charge in [-0.15, -0.1) is 0 Å². The Morgan fingerprint density at radius 1 is 1.03 bits per heavy atom. The molecule has 1 aromatic rings. The van der Waals surface area contributed by atoms with E-state index in [0.29, 0.717) is 17.9 Å². The van der Waals surface area contributed by atoms with E-state index in [9.17, 15) is 19.2 Å². The minimum absolute atomic E-state index is 0.292. The summed E-state index contributed by atoms with van der Waals surface area (Å²) in [6.45, 7) is 8.55. The molecule has 0 aliphatic rings. The van der Waals surface area contributed by atoms with E-state index in [1.165, 1.54) is 6.92 Å². The standard InChI is InChI=1S/C21H30N2O6/c1-6-7-12-28-19(26)15-8-10-16(11-9-15)23-17(24)13-29-18(25)14(2)22-20(27)21(3,4)5/h8-11,14H,6-7,12-13H2,1-5H3,(H,22,27)(H,23,24). The highest BCUT2D eigenvalue weighted by atomic mass is 16.5. The SMILES string of the molecule is CCCCOC(=O)c1ccc(NC(=O)COC(=O)C(C)NC(=O)C(C)(C)C)cc1. The lowest BCUT2D eigenvalue weighted by Gasteiger charge is -2.20. The second-order valence-corrected chi connectivity index (χ2v) is 7.67. The fourth-order valence-electron chi connectivity index (χ4n) is 2.01. The van der Waals surface area contributed by atoms with E-state index in [2.05, 4.69) is 10.6 Å². The number of amides is 2. The fraction of sp³-hybridized carbons (Fsp3) is 0.524. The van der Waals surface area contributed by atoms with Gasteiger partial charge in [0.2, 0.25) is 5.91 Å². The van der Waals surface area contributed by atoms with Gasteiger partial charge in [0.15, 0.2) is 6.61 Å². The van der Waals surface area contributed by atoms with Crippen molar-refractivity contribution in [2.75, 3.05) is 18.5 Å². The molecule has 8 heteroatoms. The average molecular weight is 406 g/mol. The highest BCUT2D eigenvalue weighted by molar-refractivity contribution is 5.95. The predicted molar refractivity (Wildman–Crippen MR) is 108 cm³/mol. The quantitative estimate of drug-likeness (QED) is 0.482. The largest absolute Gasteiger partial charge is 0.462 e. The van der Waals surface area contributed by atoms with Crippen LogP contribution in [0.2, 0.25) is 0 Å². The molecule has 0 saturated carbocycles. The van der Waals surface area contributed by atoms with E-state index in [1.54, 1.807) is 45.0 Å². The lowest BCUT2D eigenvalue weighted by atomic mass is 9.95. The molecule has 0 aromatic heterocycles. The Bertz CT molecular complexity index is 722. The molecule has 0 spiro atoms. The van der Waals surface area contributed by atoms with Crippen molar-refractivity contribution in [2.45, 2.75) is 53.5 Å². The van der Waals surface area contributed by atoms with Gasteiger partial charge in [-0.25, -0.2) is 9.59 Å². The topological polar surface area (TPSA) is 111 Å². The van der Waals surface area contributed by atoms with E-state index in [0.717, 1.165) is 12.8 Å². The van der Waals surface area contributed by atoms with Gasteiger partial charge in [0.1, 0.15) is 6.04 Å². The highest BCUT2D eigenvalue weighted by Gasteiger charge is 2.26. The van der Waals surface area contributed by atoms with Crippen LogP contribution in [0.1, 0.15) is 57.8 Å². The van der Waals surface area contributed by atoms with Crippen LogP contribution in [0.3, 0.4) is 0 Å². The summed E-state index contributed by atoms with van der Waals surface area (Å²) < 4.78 is 10.0. The summed E-state index contributed by atoms with van der Waals surface area (Å²) in [6.07, 6.45) is 1.74. The first-order chi connectivity index (χ1) is 13.5. The first-order valence-corrected chi connectivity index (χ1v) is 9.59. The van der Waals surface area contributed by atoms with Gasteiger partial charge in [-0.05, 0) is 37.6 Å². The first kappa shape index (κ1) is 24.1. The molecular formula is C21H30N2O6. The van der Waals surface area contributed by atoms with Crippen molar-refractivity contribution in [3.63, 3.8) is 0 Å². The van der Waals surface area contributed by atoms with E-state index in [4.69, 9.17) is 9.47 Å². The van der Waals surface area contributed by atoms with Gasteiger partial charge in [-0.3, -0.25) is 9.59 Å². The second-order valence-electron chi connectivity index (χ2n) is 7.67. The molecule has 0 aliphatic heterocycles. The molecule has 0 fully saturated rings. The van der Waals surface area contributed by atoms with Crippen molar-refractivity contribution >= 4 is 29.4 Å². The van der Waals surface area contributed by atoms with Crippen LogP contribution in [0, 0.1) is 5.41 Å². The monoisotopic (exact) mass is 406 g/mol. The lowest BCUT2D eigenvalue weighted by Crippen LogP contribution is -2.45. The minimum Gasteiger partial charge on any atom is -0.462 e. The van der Waals surface area contributed by atoms with Crippen LogP contribution in [0.5, 0.6) is 0 Å². The fourth-order valence-corrected chi connectivity index (χ4v) is 2.01. The second kappa shape index (κ2) is 11.2. The van der Waals surface area contributed by atoms with Gasteiger partial charge >= 0.3 is 11.9 Å². The van der Waals surface area contributed by atoms with Gasteiger partial charge in [0.05, 0.1) is 12.2 Å². The summed E-state index contributed by atoms with van der Waals surface area (Å²) in [5.41, 5.74) is 0.194. The Morgan fingerprint density at radius 2 is 1.66 bits per heavy atom. The maximum Gasteiger partial charge on any atom is 0.338 e. The zero-order valence-corrected chi connectivity index (χ0v) is 17.7. The predicted octanol–water partition coefficient (Wildman–Crippen LogP) is 2.68. The Kier molecular flexibility index (Phi) is 9.31. The smallest absolute Gasteiger partial charge is 0.338 e. The molecule has 160 valence electrons. The summed E-state index contributed by atoms with van der Waals surface area (Å²) in [5, 5.41) is 5.10. The molecular weight excluding hydrogens is 376 g/mol. The third kappa shape index (κ3) is 8.76. The molecule has 1 atom stereocenters. The third-order valence-corrected chi connectivity index (χ3v) is 3.86. The maximum absolute atomic E-state index is 11.9. The average Bonchev–Trinajstić information content (AvgIpc) is 2.65. The summed E-state index contributed by atoms with van der Waals surface area (Å²) in [4.78, 5) is 47.6. The van der Waals surface area contributed by atoms with Crippen molar-refractivity contribution in [3.8, 4) is 0 Å². The number of rotatable bonds is 9. The van der Waals surface area contributed by atoms with Gasteiger partial charge in [-0.2, -0.15) is 0 Å². The van der Waals surface area contributed by atoms with Crippen LogP contribution < -0.4 is 10.6 Å². The summed E-state index contributed by atoms with van der Waals surface area (Å²) in [5.74, 6) is -1.95. The van der Waals surface area contributed by atoms with Crippen LogP contribution in [-0.2, 0) is 23.9 Å². The molecule has 0 saturated heterocycles. The summed E-state index contributed by atoms with van der Waals surface area (Å²) in [7, 11) is 0. The van der Waals surface area contributed by atoms with Crippen LogP contribution in [0.4, 0.5) is 5.69 Å². The number of benzene rings is 1. The van der Waals surface area contributed by atoms with Crippen LogP contribution >= 0.6 is 0 Å². The zero-order chi connectivity index (χ0) is 22.0. The van der Waals surface area contributed by atoms with Gasteiger partial charge in [-0.1, -0.05) is 34.1 Å². The molecule has 0 heterocycles. The molecule has 1 aromatic carbocycles. The van der Waals surface area contributed by atoms with Gasteiger partial charge in [0.25, 0.3) is 5.91 Å². The lowest BCUT2D eigenvalue weighted by molar-refractivity contribution is -0.150. The Balaban J connectivity index is 2.45. The number of nitrogens with one attached hydrogen (secondary N) is 2. The van der Waals surface area contributed by atoms with Crippen molar-refractivity contribution in [2.24, 2.45) is 5.41 Å². The molecule has 0 aliphatic carbocycles. The molecule has 8 nitrogen and oxygen atoms in total. The zero-order valence-electron chi connectivity index (χ0n) is 17.7. The first-order valence-electron chi connectivity index (χ1n) is 9.59. The van der Waals surface area contributed by atoms with Crippen molar-refractivity contribution in [1.29, 1.82) is 0 Å². The number of ether oxygens (including phenoxy) is 2. The Hall–Kier alpha value is -2.90. The Morgan fingerprint density at radius 3 is 2.21 bits per heavy atom. The van der Waals surface area contributed by atoms with E-state index in [-0.39, 0.29) is 5.91 Å². The summed E-state index contributed by atoms with van der Waals surface area (Å²) in [6, 6.07) is 5.33. The molecule has 2 amide bonds. The maximum atomic E-state index is 11.9. The number of hydrogen-bond donors (Lipinski definition) is 2. The Labute approximate surface area is 171 Å². The van der Waals surface area contributed by atoms with Crippen molar-refractivity contribution < 1.29 is 28.7 Å². The number of carbonyl (C=O) groups is 4. The highest BCUT2D eigenvalue weighted by Crippen LogP contribution is 2.13. The van der Waals surface area contributed by atoms with E-state index >= 15 is 0 Å². The summed E-state index contributed by atoms with van der Waals surface area (Å²) >= 11 is 0. The molecule has 1 rings (SSSR count). The number of carbonyl (C=O) groups excluding carboxylic acids is 4. The number of anilines is 1.